The molecule has 4 N–H and O–H groups in total. The number of nitrogens with one attached hydrogen (secondary N) is 2. The van der Waals surface area contributed by atoms with Crippen LogP contribution in [0.3, 0.4) is 0 Å². The number of amides is 1. The molecule has 6 nitrogen and oxygen atoms in total. The van der Waals surface area contributed by atoms with E-state index < -0.39 is 12.0 Å². The number of aliphatic carboxylic acids is 1. The van der Waals surface area contributed by atoms with Crippen LogP contribution in [0.4, 0.5) is 0 Å². The number of carboxylic acid groups (broad SMARTS) is 1. The summed E-state index contributed by atoms with van der Waals surface area (Å²) in [6, 6.07) is 0.0875. The van der Waals surface area contributed by atoms with Gasteiger partial charge in [0.05, 0.1) is 0 Å². The molecule has 2 aliphatic heterocycles. The number of carbonyl (C=O) groups is 2. The van der Waals surface area contributed by atoms with E-state index in [-0.39, 0.29) is 18.9 Å². The summed E-state index contributed by atoms with van der Waals surface area (Å²) in [5.41, 5.74) is 0. The molecule has 0 saturated carbocycles. The Morgan fingerprint density at radius 2 is 1.89 bits per heavy atom. The molecule has 0 aromatic rings. The molecule has 2 aliphatic rings. The summed E-state index contributed by atoms with van der Waals surface area (Å²) in [6.45, 7) is -0.241. The van der Waals surface area contributed by atoms with E-state index in [2.05, 4.69) is 10.6 Å². The van der Waals surface area contributed by atoms with Gasteiger partial charge in [0.2, 0.25) is 5.91 Å². The molecule has 6 heteroatoms. The molecule has 0 aromatic heterocycles. The van der Waals surface area contributed by atoms with Crippen LogP contribution in [-0.4, -0.2) is 46.8 Å². The van der Waals surface area contributed by atoms with Gasteiger partial charge in [-0.25, -0.2) is 4.79 Å². The molecule has 2 heterocycles. The summed E-state index contributed by atoms with van der Waals surface area (Å²) < 4.78 is 0. The third-order valence-corrected chi connectivity index (χ3v) is 4.10. The lowest BCUT2D eigenvalue weighted by atomic mass is 9.89. The standard InChI is InChI=1S/C13H22N2O4/c16-4-3-11(13(18)19)15-12(17)7-8-5-9-1-2-10(6-8)14-9/h8-11,14,16H,1-7H2,(H,15,17)(H,18,19)/t8?,9?,10?,11-/m0/s1. The number of fused-ring (bicyclic) bond motifs is 2. The zero-order chi connectivity index (χ0) is 13.8. The van der Waals surface area contributed by atoms with Gasteiger partial charge in [-0.3, -0.25) is 4.79 Å². The number of hydrogen-bond acceptors (Lipinski definition) is 4. The van der Waals surface area contributed by atoms with Gasteiger partial charge in [-0.2, -0.15) is 0 Å². The molecule has 2 saturated heterocycles. The average Bonchev–Trinajstić information content (AvgIpc) is 2.68. The molecule has 1 amide bonds. The highest BCUT2D eigenvalue weighted by Gasteiger charge is 2.34. The number of rotatable bonds is 6. The van der Waals surface area contributed by atoms with Crippen LogP contribution in [0, 0.1) is 5.92 Å². The fourth-order valence-electron chi connectivity index (χ4n) is 3.24. The van der Waals surface area contributed by atoms with Crippen LogP contribution in [0.25, 0.3) is 0 Å². The number of piperidine rings is 1. The van der Waals surface area contributed by atoms with E-state index in [9.17, 15) is 9.59 Å². The largest absolute Gasteiger partial charge is 0.480 e. The molecule has 2 rings (SSSR count). The van der Waals surface area contributed by atoms with Gasteiger partial charge in [-0.05, 0) is 31.6 Å². The number of aliphatic hydroxyl groups is 1. The van der Waals surface area contributed by atoms with Crippen molar-refractivity contribution < 1.29 is 19.8 Å². The van der Waals surface area contributed by atoms with Gasteiger partial charge in [0.25, 0.3) is 0 Å². The van der Waals surface area contributed by atoms with Crippen molar-refractivity contribution >= 4 is 11.9 Å². The third-order valence-electron chi connectivity index (χ3n) is 4.10. The van der Waals surface area contributed by atoms with Crippen molar-refractivity contribution in [3.63, 3.8) is 0 Å². The van der Waals surface area contributed by atoms with E-state index in [0.29, 0.717) is 24.4 Å². The molecule has 2 fully saturated rings. The first kappa shape index (κ1) is 14.3. The van der Waals surface area contributed by atoms with E-state index in [1.165, 1.54) is 12.8 Å². The minimum Gasteiger partial charge on any atom is -0.480 e. The molecule has 2 bridgehead atoms. The highest BCUT2D eigenvalue weighted by molar-refractivity contribution is 5.83. The number of carbonyl (C=O) groups excluding carboxylic acids is 1. The van der Waals surface area contributed by atoms with Crippen LogP contribution in [0.1, 0.15) is 38.5 Å². The Morgan fingerprint density at radius 1 is 1.26 bits per heavy atom. The quantitative estimate of drug-likeness (QED) is 0.538. The Hall–Kier alpha value is -1.14. The molecule has 19 heavy (non-hydrogen) atoms. The minimum absolute atomic E-state index is 0.0541. The lowest BCUT2D eigenvalue weighted by Gasteiger charge is -2.29. The van der Waals surface area contributed by atoms with E-state index in [4.69, 9.17) is 10.2 Å². The van der Waals surface area contributed by atoms with Gasteiger partial charge in [0.15, 0.2) is 0 Å². The summed E-state index contributed by atoms with van der Waals surface area (Å²) in [7, 11) is 0. The van der Waals surface area contributed by atoms with Gasteiger partial charge >= 0.3 is 5.97 Å². The first-order valence-electron chi connectivity index (χ1n) is 6.97. The Labute approximate surface area is 112 Å². The minimum atomic E-state index is -1.09. The van der Waals surface area contributed by atoms with Crippen molar-refractivity contribution in [3.05, 3.63) is 0 Å². The molecule has 0 spiro atoms. The van der Waals surface area contributed by atoms with Gasteiger partial charge in [0.1, 0.15) is 6.04 Å². The predicted molar refractivity (Wildman–Crippen MR) is 68.6 cm³/mol. The second kappa shape index (κ2) is 6.34. The van der Waals surface area contributed by atoms with E-state index in [0.717, 1.165) is 12.8 Å². The summed E-state index contributed by atoms with van der Waals surface area (Å²) in [4.78, 5) is 22.8. The summed E-state index contributed by atoms with van der Waals surface area (Å²) in [5, 5.41) is 23.7. The van der Waals surface area contributed by atoms with Crippen LogP contribution in [-0.2, 0) is 9.59 Å². The zero-order valence-electron chi connectivity index (χ0n) is 11.0. The second-order valence-corrected chi connectivity index (χ2v) is 5.65. The normalized spacial score (nSPS) is 30.9. The highest BCUT2D eigenvalue weighted by Crippen LogP contribution is 2.32. The van der Waals surface area contributed by atoms with Crippen LogP contribution in [0.5, 0.6) is 0 Å². The van der Waals surface area contributed by atoms with Gasteiger partial charge in [-0.15, -0.1) is 0 Å². The van der Waals surface area contributed by atoms with E-state index >= 15 is 0 Å². The van der Waals surface area contributed by atoms with Crippen LogP contribution in [0.2, 0.25) is 0 Å². The number of hydrogen-bond donors (Lipinski definition) is 4. The van der Waals surface area contributed by atoms with Crippen molar-refractivity contribution in [2.75, 3.05) is 6.61 Å². The molecule has 108 valence electrons. The smallest absolute Gasteiger partial charge is 0.326 e. The third kappa shape index (κ3) is 3.91. The molecular weight excluding hydrogens is 248 g/mol. The lowest BCUT2D eigenvalue weighted by molar-refractivity contribution is -0.142. The molecule has 3 atom stereocenters. The molecule has 2 unspecified atom stereocenters. The topological polar surface area (TPSA) is 98.7 Å². The predicted octanol–water partition coefficient (Wildman–Crippen LogP) is -0.141. The lowest BCUT2D eigenvalue weighted by Crippen LogP contribution is -2.44. The van der Waals surface area contributed by atoms with Gasteiger partial charge < -0.3 is 20.8 Å². The first-order valence-corrected chi connectivity index (χ1v) is 6.97. The fourth-order valence-corrected chi connectivity index (χ4v) is 3.24. The maximum Gasteiger partial charge on any atom is 0.326 e. The Balaban J connectivity index is 1.78. The summed E-state index contributed by atoms with van der Waals surface area (Å²) in [6.07, 6.45) is 4.82. The molecule has 0 aromatic carbocycles. The van der Waals surface area contributed by atoms with E-state index in [1.54, 1.807) is 0 Å². The monoisotopic (exact) mass is 270 g/mol. The molecular formula is C13H22N2O4. The average molecular weight is 270 g/mol. The van der Waals surface area contributed by atoms with Crippen molar-refractivity contribution in [2.24, 2.45) is 5.92 Å². The maximum atomic E-state index is 11.9. The Morgan fingerprint density at radius 3 is 2.42 bits per heavy atom. The fraction of sp³-hybridized carbons (Fsp3) is 0.846. The SMILES string of the molecule is O=C(CC1CC2CCC(C1)N2)N[C@@H](CCO)C(=O)O. The Bertz CT molecular complexity index is 336. The summed E-state index contributed by atoms with van der Waals surface area (Å²) in [5.74, 6) is -0.956. The van der Waals surface area contributed by atoms with Crippen LogP contribution < -0.4 is 10.6 Å². The van der Waals surface area contributed by atoms with Crippen LogP contribution in [0.15, 0.2) is 0 Å². The van der Waals surface area contributed by atoms with Crippen LogP contribution >= 0.6 is 0 Å². The second-order valence-electron chi connectivity index (χ2n) is 5.65. The van der Waals surface area contributed by atoms with Crippen molar-refractivity contribution in [3.8, 4) is 0 Å². The Kier molecular flexibility index (Phi) is 4.76. The molecule has 0 aliphatic carbocycles. The zero-order valence-corrected chi connectivity index (χ0v) is 11.0. The highest BCUT2D eigenvalue weighted by atomic mass is 16.4. The van der Waals surface area contributed by atoms with Crippen molar-refractivity contribution in [1.82, 2.24) is 10.6 Å². The van der Waals surface area contributed by atoms with E-state index in [1.807, 2.05) is 0 Å². The number of aliphatic hydroxyl groups excluding tert-OH is 1. The number of carboxylic acids is 1. The molecule has 0 radical (unpaired) electrons. The first-order chi connectivity index (χ1) is 9.08. The maximum absolute atomic E-state index is 11.9. The van der Waals surface area contributed by atoms with Crippen molar-refractivity contribution in [2.45, 2.75) is 56.7 Å². The van der Waals surface area contributed by atoms with Gasteiger partial charge in [-0.1, -0.05) is 0 Å². The van der Waals surface area contributed by atoms with Crippen molar-refractivity contribution in [1.29, 1.82) is 0 Å². The summed E-state index contributed by atoms with van der Waals surface area (Å²) >= 11 is 0. The van der Waals surface area contributed by atoms with Gasteiger partial charge in [0, 0.05) is 31.5 Å².